The lowest BCUT2D eigenvalue weighted by atomic mass is 10.1. The van der Waals surface area contributed by atoms with E-state index in [2.05, 4.69) is 9.72 Å². The van der Waals surface area contributed by atoms with E-state index in [4.69, 9.17) is 9.47 Å². The topological polar surface area (TPSA) is 198 Å². The van der Waals surface area contributed by atoms with Crippen molar-refractivity contribution in [2.75, 3.05) is 20.3 Å². The average molecular weight is 533 g/mol. The van der Waals surface area contributed by atoms with Crippen molar-refractivity contribution in [2.24, 2.45) is 0 Å². The van der Waals surface area contributed by atoms with Crippen molar-refractivity contribution in [1.82, 2.24) is 20.2 Å². The molecule has 2 amide bonds. The van der Waals surface area contributed by atoms with Gasteiger partial charge < -0.3 is 35.0 Å². The van der Waals surface area contributed by atoms with Gasteiger partial charge >= 0.3 is 29.4 Å². The Labute approximate surface area is 216 Å². The number of amides is 2. The van der Waals surface area contributed by atoms with E-state index in [9.17, 15) is 34.1 Å². The lowest BCUT2D eigenvalue weighted by Crippen LogP contribution is -2.71. The molecular formula is C23H27N5O10. The molecule has 1 aromatic heterocycles. The van der Waals surface area contributed by atoms with Gasteiger partial charge in [-0.3, -0.25) is 14.4 Å². The second-order valence-electron chi connectivity index (χ2n) is 7.56. The molecule has 0 saturated heterocycles. The highest BCUT2D eigenvalue weighted by molar-refractivity contribution is 6.12. The Morgan fingerprint density at radius 3 is 2.13 bits per heavy atom. The number of carbonyl (C=O) groups excluding carboxylic acids is 5. The molecule has 0 atom stereocenters. The van der Waals surface area contributed by atoms with Crippen molar-refractivity contribution < 1.29 is 43.1 Å². The average Bonchev–Trinajstić information content (AvgIpc) is 3.31. The summed E-state index contributed by atoms with van der Waals surface area (Å²) in [7, 11) is 1.10. The fourth-order valence-corrected chi connectivity index (χ4v) is 3.24. The van der Waals surface area contributed by atoms with E-state index >= 15 is 0 Å². The molecule has 0 aliphatic rings. The molecule has 0 radical (unpaired) electrons. The zero-order valence-electron chi connectivity index (χ0n) is 20.9. The third kappa shape index (κ3) is 7.11. The summed E-state index contributed by atoms with van der Waals surface area (Å²) in [4.78, 5) is 77.9. The monoisotopic (exact) mass is 533 g/mol. The minimum absolute atomic E-state index is 0.0113. The van der Waals surface area contributed by atoms with Gasteiger partial charge in [0, 0.05) is 6.42 Å². The van der Waals surface area contributed by atoms with Gasteiger partial charge in [0.15, 0.2) is 6.33 Å². The van der Waals surface area contributed by atoms with Crippen LogP contribution in [0.25, 0.3) is 0 Å². The summed E-state index contributed by atoms with van der Waals surface area (Å²) in [5.74, 6) is -6.71. The van der Waals surface area contributed by atoms with Gasteiger partial charge in [0.05, 0.1) is 26.7 Å². The van der Waals surface area contributed by atoms with E-state index < -0.39 is 64.7 Å². The number of benzene rings is 1. The van der Waals surface area contributed by atoms with Gasteiger partial charge in [0.2, 0.25) is 11.6 Å². The number of aromatic nitrogens is 2. The Kier molecular flexibility index (Phi) is 10.4. The molecule has 0 unspecified atom stereocenters. The van der Waals surface area contributed by atoms with Crippen LogP contribution in [0.3, 0.4) is 0 Å². The maximum absolute atomic E-state index is 13.2. The molecule has 0 fully saturated rings. The van der Waals surface area contributed by atoms with E-state index in [1.54, 1.807) is 30.3 Å². The van der Waals surface area contributed by atoms with Gasteiger partial charge in [-0.05, 0) is 24.3 Å². The lowest BCUT2D eigenvalue weighted by molar-refractivity contribution is -0.392. The van der Waals surface area contributed by atoms with Gasteiger partial charge in [0.1, 0.15) is 6.54 Å². The number of nitrogens with one attached hydrogen (secondary N) is 2. The summed E-state index contributed by atoms with van der Waals surface area (Å²) in [5, 5.41) is 15.9. The fourth-order valence-electron chi connectivity index (χ4n) is 3.24. The number of hydrogen-bond acceptors (Lipinski definition) is 11. The quantitative estimate of drug-likeness (QED) is 0.0905. The molecule has 38 heavy (non-hydrogen) atoms. The molecule has 15 heteroatoms. The van der Waals surface area contributed by atoms with Crippen LogP contribution >= 0.6 is 0 Å². The molecule has 2 N–H and O–H groups in total. The van der Waals surface area contributed by atoms with Crippen molar-refractivity contribution in [1.29, 1.82) is 0 Å². The highest BCUT2D eigenvalue weighted by atomic mass is 16.6. The van der Waals surface area contributed by atoms with Crippen LogP contribution in [0.1, 0.15) is 42.7 Å². The molecule has 15 nitrogen and oxygen atoms in total. The highest BCUT2D eigenvalue weighted by Crippen LogP contribution is 2.21. The standard InChI is InChI=1S/C23H27N5O10/c1-4-37-21(32)23(22(33)38-5-2,25-16(29)11-12-17(30)36-3)26-19(31)18-20(28(34)35)27(14-24-18)13-15-9-7-6-8-10-15/h6-10,14H,4-5,11-13H2,1-3H3,(H,25,29)(H,26,31). The van der Waals surface area contributed by atoms with Crippen molar-refractivity contribution in [2.45, 2.75) is 38.9 Å². The molecule has 1 heterocycles. The van der Waals surface area contributed by atoms with Crippen LogP contribution in [0, 0.1) is 10.1 Å². The van der Waals surface area contributed by atoms with Crippen LogP contribution in [-0.4, -0.2) is 70.2 Å². The smallest absolute Gasteiger partial charge is 0.365 e. The van der Waals surface area contributed by atoms with Crippen LogP contribution in [0.15, 0.2) is 36.7 Å². The molecule has 2 aromatic rings. The van der Waals surface area contributed by atoms with Crippen molar-refractivity contribution in [3.8, 4) is 0 Å². The number of methoxy groups -OCH3 is 1. The second-order valence-corrected chi connectivity index (χ2v) is 7.56. The first kappa shape index (κ1) is 29.4. The largest absolute Gasteiger partial charge is 0.469 e. The van der Waals surface area contributed by atoms with Gasteiger partial charge in [-0.15, -0.1) is 0 Å². The van der Waals surface area contributed by atoms with Crippen molar-refractivity contribution in [3.05, 3.63) is 58.0 Å². The Balaban J connectivity index is 2.49. The van der Waals surface area contributed by atoms with Crippen molar-refractivity contribution in [3.63, 3.8) is 0 Å². The summed E-state index contributed by atoms with van der Waals surface area (Å²) in [6.07, 6.45) is 0.105. The first-order chi connectivity index (χ1) is 18.1. The molecule has 0 aliphatic carbocycles. The number of hydrogen-bond donors (Lipinski definition) is 2. The second kappa shape index (κ2) is 13.5. The number of rotatable bonds is 13. The molecule has 2 rings (SSSR count). The molecular weight excluding hydrogens is 506 g/mol. The molecule has 204 valence electrons. The summed E-state index contributed by atoms with van der Waals surface area (Å²) >= 11 is 0. The predicted octanol–water partition coefficient (Wildman–Crippen LogP) is 0.461. The summed E-state index contributed by atoms with van der Waals surface area (Å²) in [6.45, 7) is 2.28. The predicted molar refractivity (Wildman–Crippen MR) is 127 cm³/mol. The molecule has 0 spiro atoms. The molecule has 1 aromatic carbocycles. The van der Waals surface area contributed by atoms with E-state index in [0.717, 1.165) is 18.0 Å². The SMILES string of the molecule is CCOC(=O)C(NC(=O)CCC(=O)OC)(NC(=O)c1ncn(Cc2ccccc2)c1[N+](=O)[O-])C(=O)OCC. The van der Waals surface area contributed by atoms with Crippen LogP contribution in [0.2, 0.25) is 0 Å². The van der Waals surface area contributed by atoms with Gasteiger partial charge in [-0.25, -0.2) is 19.1 Å². The maximum atomic E-state index is 13.2. The number of esters is 3. The third-order valence-corrected chi connectivity index (χ3v) is 4.97. The fraction of sp³-hybridized carbons (Fsp3) is 0.391. The highest BCUT2D eigenvalue weighted by Gasteiger charge is 2.53. The Bertz CT molecular complexity index is 1180. The van der Waals surface area contributed by atoms with Gasteiger partial charge in [0.25, 0.3) is 5.91 Å². The minimum Gasteiger partial charge on any atom is -0.469 e. The van der Waals surface area contributed by atoms with E-state index in [-0.39, 0.29) is 19.8 Å². The van der Waals surface area contributed by atoms with E-state index in [1.807, 2.05) is 10.6 Å². The van der Waals surface area contributed by atoms with Crippen LogP contribution in [0.5, 0.6) is 0 Å². The number of ether oxygens (including phenoxy) is 3. The first-order valence-electron chi connectivity index (χ1n) is 11.4. The van der Waals surface area contributed by atoms with Crippen LogP contribution in [-0.2, 0) is 39.9 Å². The number of imidazole rings is 1. The number of carbonyl (C=O) groups is 5. The molecule has 0 aliphatic heterocycles. The van der Waals surface area contributed by atoms with Gasteiger partial charge in [-0.1, -0.05) is 30.3 Å². The summed E-state index contributed by atoms with van der Waals surface area (Å²) in [6, 6.07) is 8.62. The summed E-state index contributed by atoms with van der Waals surface area (Å²) in [5.41, 5.74) is -3.01. The number of nitrogens with zero attached hydrogens (tertiary/aromatic N) is 3. The lowest BCUT2D eigenvalue weighted by Gasteiger charge is -2.30. The minimum atomic E-state index is -2.94. The Morgan fingerprint density at radius 2 is 1.61 bits per heavy atom. The van der Waals surface area contributed by atoms with E-state index in [0.29, 0.717) is 5.56 Å². The summed E-state index contributed by atoms with van der Waals surface area (Å²) < 4.78 is 15.4. The normalized spacial score (nSPS) is 10.7. The Morgan fingerprint density at radius 1 is 1.00 bits per heavy atom. The zero-order valence-corrected chi connectivity index (χ0v) is 20.9. The van der Waals surface area contributed by atoms with Crippen LogP contribution < -0.4 is 10.6 Å². The van der Waals surface area contributed by atoms with Crippen molar-refractivity contribution >= 4 is 35.5 Å². The molecule has 0 bridgehead atoms. The first-order valence-corrected chi connectivity index (χ1v) is 11.4. The molecule has 0 saturated carbocycles. The van der Waals surface area contributed by atoms with E-state index in [1.165, 1.54) is 13.8 Å². The van der Waals surface area contributed by atoms with Gasteiger partial charge in [-0.2, -0.15) is 0 Å². The number of nitro groups is 1. The van der Waals surface area contributed by atoms with Crippen LogP contribution in [0.4, 0.5) is 5.82 Å². The maximum Gasteiger partial charge on any atom is 0.365 e. The zero-order chi connectivity index (χ0) is 28.3. The Hall–Kier alpha value is -4.82. The third-order valence-electron chi connectivity index (χ3n) is 4.97.